The molecule has 0 unspecified atom stereocenters. The van der Waals surface area contributed by atoms with E-state index in [0.29, 0.717) is 17.2 Å². The molecule has 0 fully saturated rings. The van der Waals surface area contributed by atoms with Crippen LogP contribution in [0.3, 0.4) is 0 Å². The molecule has 0 spiro atoms. The maximum absolute atomic E-state index is 11.6. The van der Waals surface area contributed by atoms with Gasteiger partial charge in [-0.25, -0.2) is 14.8 Å². The number of rotatable bonds is 5. The first-order valence-electron chi connectivity index (χ1n) is 8.17. The van der Waals surface area contributed by atoms with Crippen LogP contribution in [0.2, 0.25) is 0 Å². The van der Waals surface area contributed by atoms with Crippen LogP contribution >= 0.6 is 0 Å². The third kappa shape index (κ3) is 4.16. The number of nitrogens with zero attached hydrogens (tertiary/aromatic N) is 2. The van der Waals surface area contributed by atoms with Crippen molar-refractivity contribution in [1.82, 2.24) is 9.97 Å². The molecule has 0 saturated heterocycles. The molecule has 0 amide bonds. The van der Waals surface area contributed by atoms with Crippen molar-refractivity contribution in [3.05, 3.63) is 71.5 Å². The van der Waals surface area contributed by atoms with Crippen LogP contribution < -0.4 is 10.6 Å². The van der Waals surface area contributed by atoms with Crippen LogP contribution in [-0.2, 0) is 4.74 Å². The largest absolute Gasteiger partial charge is 0.465 e. The Labute approximate surface area is 152 Å². The number of aryl methyl sites for hydroxylation is 2. The van der Waals surface area contributed by atoms with Gasteiger partial charge in [0.2, 0.25) is 0 Å². The highest BCUT2D eigenvalue weighted by Crippen LogP contribution is 2.22. The molecule has 0 aliphatic carbocycles. The van der Waals surface area contributed by atoms with Gasteiger partial charge in [0, 0.05) is 17.4 Å². The van der Waals surface area contributed by atoms with Crippen molar-refractivity contribution in [1.29, 1.82) is 0 Å². The zero-order chi connectivity index (χ0) is 18.5. The number of esters is 1. The van der Waals surface area contributed by atoms with Gasteiger partial charge in [0.1, 0.15) is 18.0 Å². The molecular weight excluding hydrogens is 328 g/mol. The van der Waals surface area contributed by atoms with E-state index in [4.69, 9.17) is 4.74 Å². The summed E-state index contributed by atoms with van der Waals surface area (Å²) in [5, 5.41) is 6.47. The molecule has 6 nitrogen and oxygen atoms in total. The lowest BCUT2D eigenvalue weighted by Gasteiger charge is -2.11. The second-order valence-electron chi connectivity index (χ2n) is 5.93. The highest BCUT2D eigenvalue weighted by atomic mass is 16.5. The van der Waals surface area contributed by atoms with E-state index in [0.717, 1.165) is 16.9 Å². The maximum atomic E-state index is 11.6. The number of carbonyl (C=O) groups is 1. The predicted octanol–water partition coefficient (Wildman–Crippen LogP) is 4.37. The van der Waals surface area contributed by atoms with Crippen LogP contribution in [0.4, 0.5) is 23.0 Å². The average Bonchev–Trinajstić information content (AvgIpc) is 2.64. The number of carbonyl (C=O) groups excluding carboxylic acids is 1. The molecule has 3 rings (SSSR count). The van der Waals surface area contributed by atoms with Crippen molar-refractivity contribution in [3.63, 3.8) is 0 Å². The van der Waals surface area contributed by atoms with Gasteiger partial charge in [-0.3, -0.25) is 0 Å². The van der Waals surface area contributed by atoms with Crippen LogP contribution in [0, 0.1) is 13.8 Å². The van der Waals surface area contributed by atoms with Crippen molar-refractivity contribution in [3.8, 4) is 0 Å². The maximum Gasteiger partial charge on any atom is 0.337 e. The number of aromatic nitrogens is 2. The quantitative estimate of drug-likeness (QED) is 0.667. The lowest BCUT2D eigenvalue weighted by Crippen LogP contribution is -2.03. The minimum Gasteiger partial charge on any atom is -0.465 e. The van der Waals surface area contributed by atoms with Gasteiger partial charge in [-0.1, -0.05) is 23.8 Å². The SMILES string of the molecule is COC(=O)c1cccc(Nc2cc(Nc3ccc(C)cc3C)ncn2)c1. The zero-order valence-corrected chi connectivity index (χ0v) is 14.9. The van der Waals surface area contributed by atoms with Crippen molar-refractivity contribution >= 4 is 29.0 Å². The number of ether oxygens (including phenoxy) is 1. The van der Waals surface area contributed by atoms with E-state index in [2.05, 4.69) is 33.6 Å². The summed E-state index contributed by atoms with van der Waals surface area (Å²) in [7, 11) is 1.36. The zero-order valence-electron chi connectivity index (χ0n) is 14.9. The Morgan fingerprint density at radius 2 is 1.73 bits per heavy atom. The van der Waals surface area contributed by atoms with Crippen LogP contribution in [0.1, 0.15) is 21.5 Å². The van der Waals surface area contributed by atoms with E-state index in [1.807, 2.05) is 31.2 Å². The highest BCUT2D eigenvalue weighted by Gasteiger charge is 2.07. The summed E-state index contributed by atoms with van der Waals surface area (Å²) in [5.41, 5.74) is 4.56. The molecule has 0 atom stereocenters. The van der Waals surface area contributed by atoms with Gasteiger partial charge in [-0.15, -0.1) is 0 Å². The average molecular weight is 348 g/mol. The van der Waals surface area contributed by atoms with E-state index in [1.54, 1.807) is 18.2 Å². The van der Waals surface area contributed by atoms with Gasteiger partial charge in [0.15, 0.2) is 0 Å². The summed E-state index contributed by atoms with van der Waals surface area (Å²) in [6.45, 7) is 4.11. The molecule has 0 bridgehead atoms. The Balaban J connectivity index is 1.78. The molecule has 2 N–H and O–H groups in total. The fraction of sp³-hybridized carbons (Fsp3) is 0.150. The summed E-state index contributed by atoms with van der Waals surface area (Å²) in [6.07, 6.45) is 1.48. The molecule has 1 heterocycles. The third-order valence-electron chi connectivity index (χ3n) is 3.87. The van der Waals surface area contributed by atoms with Gasteiger partial charge < -0.3 is 15.4 Å². The minimum atomic E-state index is -0.381. The third-order valence-corrected chi connectivity index (χ3v) is 3.87. The molecule has 0 aliphatic rings. The van der Waals surface area contributed by atoms with Gasteiger partial charge in [-0.2, -0.15) is 0 Å². The second-order valence-corrected chi connectivity index (χ2v) is 5.93. The van der Waals surface area contributed by atoms with Crippen molar-refractivity contribution in [2.75, 3.05) is 17.7 Å². The predicted molar refractivity (Wildman–Crippen MR) is 102 cm³/mol. The smallest absolute Gasteiger partial charge is 0.337 e. The van der Waals surface area contributed by atoms with E-state index in [1.165, 1.54) is 19.0 Å². The number of benzene rings is 2. The first kappa shape index (κ1) is 17.4. The summed E-state index contributed by atoms with van der Waals surface area (Å²) in [4.78, 5) is 20.1. The molecular formula is C20H20N4O2. The van der Waals surface area contributed by atoms with Crippen LogP contribution in [0.15, 0.2) is 54.9 Å². The first-order valence-corrected chi connectivity index (χ1v) is 8.17. The minimum absolute atomic E-state index is 0.381. The van der Waals surface area contributed by atoms with Crippen LogP contribution in [0.5, 0.6) is 0 Å². The van der Waals surface area contributed by atoms with E-state index in [-0.39, 0.29) is 5.97 Å². The lowest BCUT2D eigenvalue weighted by molar-refractivity contribution is 0.0601. The summed E-state index contributed by atoms with van der Waals surface area (Å²) >= 11 is 0. The molecule has 1 aromatic heterocycles. The molecule has 26 heavy (non-hydrogen) atoms. The molecule has 3 aromatic rings. The lowest BCUT2D eigenvalue weighted by atomic mass is 10.1. The highest BCUT2D eigenvalue weighted by molar-refractivity contribution is 5.90. The fourth-order valence-electron chi connectivity index (χ4n) is 2.58. The normalized spacial score (nSPS) is 10.3. The number of hydrogen-bond donors (Lipinski definition) is 2. The van der Waals surface area contributed by atoms with E-state index >= 15 is 0 Å². The molecule has 0 radical (unpaired) electrons. The monoisotopic (exact) mass is 348 g/mol. The fourth-order valence-corrected chi connectivity index (χ4v) is 2.58. The Hall–Kier alpha value is -3.41. The van der Waals surface area contributed by atoms with E-state index < -0.39 is 0 Å². The number of hydrogen-bond acceptors (Lipinski definition) is 6. The Bertz CT molecular complexity index is 941. The van der Waals surface area contributed by atoms with Crippen molar-refractivity contribution < 1.29 is 9.53 Å². The van der Waals surface area contributed by atoms with Gasteiger partial charge in [0.05, 0.1) is 12.7 Å². The Kier molecular flexibility index (Phi) is 5.12. The van der Waals surface area contributed by atoms with E-state index in [9.17, 15) is 4.79 Å². The summed E-state index contributed by atoms with van der Waals surface area (Å²) < 4.78 is 4.74. The van der Waals surface area contributed by atoms with Gasteiger partial charge in [0.25, 0.3) is 0 Å². The van der Waals surface area contributed by atoms with Crippen LogP contribution in [0.25, 0.3) is 0 Å². The number of anilines is 4. The molecule has 0 saturated carbocycles. The summed E-state index contributed by atoms with van der Waals surface area (Å²) in [6, 6.07) is 15.0. The molecule has 0 aliphatic heterocycles. The molecule has 2 aromatic carbocycles. The van der Waals surface area contributed by atoms with Gasteiger partial charge >= 0.3 is 5.97 Å². The topological polar surface area (TPSA) is 76.1 Å². The van der Waals surface area contributed by atoms with Gasteiger partial charge in [-0.05, 0) is 43.7 Å². The number of methoxy groups -OCH3 is 1. The second kappa shape index (κ2) is 7.65. The van der Waals surface area contributed by atoms with Crippen molar-refractivity contribution in [2.24, 2.45) is 0 Å². The van der Waals surface area contributed by atoms with Crippen LogP contribution in [-0.4, -0.2) is 23.0 Å². The molecule has 132 valence electrons. The number of nitrogens with one attached hydrogen (secondary N) is 2. The summed E-state index contributed by atoms with van der Waals surface area (Å²) in [5.74, 6) is 0.918. The standard InChI is InChI=1S/C20H20N4O2/c1-13-7-8-17(14(2)9-13)24-19-11-18(21-12-22-19)23-16-6-4-5-15(10-16)20(25)26-3/h4-12H,1-3H3,(H2,21,22,23,24). The Morgan fingerprint density at radius 3 is 2.46 bits per heavy atom. The Morgan fingerprint density at radius 1 is 0.962 bits per heavy atom. The first-order chi connectivity index (χ1) is 12.5. The van der Waals surface area contributed by atoms with Crippen molar-refractivity contribution in [2.45, 2.75) is 13.8 Å². The molecule has 6 heteroatoms.